The summed E-state index contributed by atoms with van der Waals surface area (Å²) in [5.74, 6) is 0. The zero-order valence-electron chi connectivity index (χ0n) is 10.3. The van der Waals surface area contributed by atoms with E-state index in [2.05, 4.69) is 57.1 Å². The van der Waals surface area contributed by atoms with E-state index in [1.807, 2.05) is 6.20 Å². The van der Waals surface area contributed by atoms with E-state index in [0.717, 1.165) is 24.0 Å². The van der Waals surface area contributed by atoms with Gasteiger partial charge in [-0.1, -0.05) is 28.1 Å². The van der Waals surface area contributed by atoms with Crippen molar-refractivity contribution in [2.45, 2.75) is 13.0 Å². The summed E-state index contributed by atoms with van der Waals surface area (Å²) < 4.78 is 1.12. The van der Waals surface area contributed by atoms with Crippen LogP contribution in [0.4, 0.5) is 5.13 Å². The van der Waals surface area contributed by atoms with Gasteiger partial charge in [0.2, 0.25) is 0 Å². The number of halogens is 1. The number of aromatic nitrogens is 1. The Bertz CT molecular complexity index is 495. The van der Waals surface area contributed by atoms with E-state index in [9.17, 15) is 0 Å². The minimum Gasteiger partial charge on any atom is -0.375 e. The fraction of sp³-hybridized carbons (Fsp3) is 0.308. The molecule has 0 saturated heterocycles. The van der Waals surface area contributed by atoms with Gasteiger partial charge < -0.3 is 10.6 Å². The lowest BCUT2D eigenvalue weighted by Crippen LogP contribution is -2.20. The molecule has 2 N–H and O–H groups in total. The third kappa shape index (κ3) is 4.08. The molecule has 1 aromatic carbocycles. The van der Waals surface area contributed by atoms with E-state index >= 15 is 0 Å². The Balaban J connectivity index is 1.81. The van der Waals surface area contributed by atoms with Crippen molar-refractivity contribution in [2.75, 3.05) is 19.3 Å². The molecule has 0 aliphatic carbocycles. The summed E-state index contributed by atoms with van der Waals surface area (Å²) in [6.45, 7) is 1.94. The van der Waals surface area contributed by atoms with Crippen molar-refractivity contribution in [1.29, 1.82) is 0 Å². The summed E-state index contributed by atoms with van der Waals surface area (Å²) in [6.07, 6.45) is 2.91. The lowest BCUT2D eigenvalue weighted by Gasteiger charge is -2.15. The second kappa shape index (κ2) is 6.31. The second-order valence-corrected chi connectivity index (χ2v) is 6.34. The molecule has 0 bridgehead atoms. The van der Waals surface area contributed by atoms with Crippen LogP contribution in [0.15, 0.2) is 34.9 Å². The Labute approximate surface area is 120 Å². The Morgan fingerprint density at radius 2 is 2.06 bits per heavy atom. The third-order valence-electron chi connectivity index (χ3n) is 2.69. The molecular weight excluding hydrogens is 310 g/mol. The number of nitrogens with zero attached hydrogens (tertiary/aromatic N) is 2. The van der Waals surface area contributed by atoms with Crippen LogP contribution in [0.1, 0.15) is 10.4 Å². The molecular formula is C13H16BrN3S. The largest absolute Gasteiger partial charge is 0.375 e. The fourth-order valence-corrected chi connectivity index (χ4v) is 2.74. The molecule has 0 radical (unpaired) electrons. The molecule has 0 atom stereocenters. The number of hydrogen-bond acceptors (Lipinski definition) is 4. The Morgan fingerprint density at radius 3 is 2.67 bits per heavy atom. The van der Waals surface area contributed by atoms with Gasteiger partial charge in [-0.3, -0.25) is 0 Å². The smallest absolute Gasteiger partial charge is 0.180 e. The van der Waals surface area contributed by atoms with Gasteiger partial charge in [0.1, 0.15) is 0 Å². The third-order valence-corrected chi connectivity index (χ3v) is 4.03. The molecule has 0 fully saturated rings. The molecule has 96 valence electrons. The normalized spacial score (nSPS) is 11.1. The van der Waals surface area contributed by atoms with Gasteiger partial charge in [-0.2, -0.15) is 0 Å². The van der Waals surface area contributed by atoms with Gasteiger partial charge >= 0.3 is 0 Å². The van der Waals surface area contributed by atoms with Crippen LogP contribution < -0.4 is 5.73 Å². The van der Waals surface area contributed by atoms with Crippen molar-refractivity contribution in [3.8, 4) is 0 Å². The van der Waals surface area contributed by atoms with E-state index in [0.29, 0.717) is 5.13 Å². The number of thiazole rings is 1. The Hall–Kier alpha value is -0.910. The highest BCUT2D eigenvalue weighted by Crippen LogP contribution is 2.16. The van der Waals surface area contributed by atoms with Crippen LogP contribution in [-0.2, 0) is 13.0 Å². The van der Waals surface area contributed by atoms with Crippen molar-refractivity contribution in [1.82, 2.24) is 9.88 Å². The summed E-state index contributed by atoms with van der Waals surface area (Å²) in [4.78, 5) is 7.56. The van der Waals surface area contributed by atoms with Crippen molar-refractivity contribution < 1.29 is 0 Å². The van der Waals surface area contributed by atoms with Crippen molar-refractivity contribution in [3.63, 3.8) is 0 Å². The van der Waals surface area contributed by atoms with Crippen LogP contribution in [0.3, 0.4) is 0 Å². The maximum atomic E-state index is 5.62. The average Bonchev–Trinajstić information content (AvgIpc) is 2.74. The van der Waals surface area contributed by atoms with Crippen LogP contribution in [-0.4, -0.2) is 23.5 Å². The molecule has 2 aromatic rings. The van der Waals surface area contributed by atoms with Crippen LogP contribution in [0, 0.1) is 0 Å². The van der Waals surface area contributed by atoms with Gasteiger partial charge in [-0.25, -0.2) is 4.98 Å². The van der Waals surface area contributed by atoms with Gasteiger partial charge in [0, 0.05) is 28.6 Å². The molecule has 0 unspecified atom stereocenters. The SMILES string of the molecule is CN(CCc1ccc(Br)cc1)Cc1cnc(N)s1. The van der Waals surface area contributed by atoms with Gasteiger partial charge in [0.25, 0.3) is 0 Å². The first kappa shape index (κ1) is 13.5. The predicted octanol–water partition coefficient (Wildman–Crippen LogP) is 3.16. The summed E-state index contributed by atoms with van der Waals surface area (Å²) in [6, 6.07) is 8.48. The average molecular weight is 326 g/mol. The quantitative estimate of drug-likeness (QED) is 0.918. The maximum absolute atomic E-state index is 5.62. The zero-order chi connectivity index (χ0) is 13.0. The van der Waals surface area contributed by atoms with Gasteiger partial charge in [0.15, 0.2) is 5.13 Å². The first-order valence-electron chi connectivity index (χ1n) is 5.76. The first-order chi connectivity index (χ1) is 8.63. The minimum atomic E-state index is 0.645. The van der Waals surface area contributed by atoms with Crippen LogP contribution >= 0.6 is 27.3 Å². The number of nitrogens with two attached hydrogens (primary N) is 1. The zero-order valence-corrected chi connectivity index (χ0v) is 12.7. The van der Waals surface area contributed by atoms with Gasteiger partial charge in [-0.15, -0.1) is 11.3 Å². The van der Waals surface area contributed by atoms with Crippen molar-refractivity contribution in [2.24, 2.45) is 0 Å². The summed E-state index contributed by atoms with van der Waals surface area (Å²) in [7, 11) is 2.12. The highest BCUT2D eigenvalue weighted by molar-refractivity contribution is 9.10. The summed E-state index contributed by atoms with van der Waals surface area (Å²) in [5.41, 5.74) is 6.97. The summed E-state index contributed by atoms with van der Waals surface area (Å²) >= 11 is 5.00. The first-order valence-corrected chi connectivity index (χ1v) is 7.37. The van der Waals surface area contributed by atoms with Gasteiger partial charge in [0.05, 0.1) is 0 Å². The predicted molar refractivity (Wildman–Crippen MR) is 80.7 cm³/mol. The van der Waals surface area contributed by atoms with Crippen molar-refractivity contribution >= 4 is 32.4 Å². The molecule has 0 aliphatic heterocycles. The van der Waals surface area contributed by atoms with Crippen LogP contribution in [0.25, 0.3) is 0 Å². The van der Waals surface area contributed by atoms with Crippen molar-refractivity contribution in [3.05, 3.63) is 45.4 Å². The molecule has 2 rings (SSSR count). The second-order valence-electron chi connectivity index (χ2n) is 4.28. The molecule has 1 aromatic heterocycles. The number of benzene rings is 1. The van der Waals surface area contributed by atoms with E-state index in [1.54, 1.807) is 11.3 Å². The number of likely N-dealkylation sites (N-methyl/N-ethyl adjacent to an activating group) is 1. The summed E-state index contributed by atoms with van der Waals surface area (Å²) in [5, 5.41) is 0.645. The molecule has 3 nitrogen and oxygen atoms in total. The lowest BCUT2D eigenvalue weighted by molar-refractivity contribution is 0.334. The Kier molecular flexibility index (Phi) is 4.74. The molecule has 0 aliphatic rings. The van der Waals surface area contributed by atoms with Gasteiger partial charge in [-0.05, 0) is 31.2 Å². The van der Waals surface area contributed by atoms with Crippen LogP contribution in [0.5, 0.6) is 0 Å². The molecule has 5 heteroatoms. The van der Waals surface area contributed by atoms with E-state index in [-0.39, 0.29) is 0 Å². The Morgan fingerprint density at radius 1 is 1.33 bits per heavy atom. The highest BCUT2D eigenvalue weighted by atomic mass is 79.9. The topological polar surface area (TPSA) is 42.2 Å². The highest BCUT2D eigenvalue weighted by Gasteiger charge is 2.04. The fourth-order valence-electron chi connectivity index (χ4n) is 1.71. The van der Waals surface area contributed by atoms with E-state index in [1.165, 1.54) is 10.4 Å². The minimum absolute atomic E-state index is 0.645. The number of rotatable bonds is 5. The number of hydrogen-bond donors (Lipinski definition) is 1. The monoisotopic (exact) mass is 325 g/mol. The molecule has 0 amide bonds. The van der Waals surface area contributed by atoms with E-state index in [4.69, 9.17) is 5.73 Å². The molecule has 0 spiro atoms. The maximum Gasteiger partial charge on any atom is 0.180 e. The molecule has 18 heavy (non-hydrogen) atoms. The van der Waals surface area contributed by atoms with Crippen LogP contribution in [0.2, 0.25) is 0 Å². The lowest BCUT2D eigenvalue weighted by atomic mass is 10.1. The number of nitrogen functional groups attached to an aromatic ring is 1. The molecule has 1 heterocycles. The number of anilines is 1. The van der Waals surface area contributed by atoms with E-state index < -0.39 is 0 Å². The molecule has 0 saturated carbocycles. The standard InChI is InChI=1S/C13H16BrN3S/c1-17(9-12-8-16-13(15)18-12)7-6-10-2-4-11(14)5-3-10/h2-5,8H,6-7,9H2,1H3,(H2,15,16).